The van der Waals surface area contributed by atoms with E-state index in [0.29, 0.717) is 5.56 Å². The molecule has 7 heteroatoms. The zero-order valence-electron chi connectivity index (χ0n) is 10.1. The maximum atomic E-state index is 10.9. The molecule has 2 aromatic rings. The van der Waals surface area contributed by atoms with E-state index in [-0.39, 0.29) is 24.1 Å². The van der Waals surface area contributed by atoms with Crippen LogP contribution in [0.5, 0.6) is 11.8 Å². The van der Waals surface area contributed by atoms with Gasteiger partial charge in [-0.3, -0.25) is 10.1 Å². The van der Waals surface area contributed by atoms with E-state index >= 15 is 0 Å². The molecular weight excluding hydrogens is 250 g/mol. The van der Waals surface area contributed by atoms with Crippen LogP contribution in [0.15, 0.2) is 30.6 Å². The Bertz CT molecular complexity index is 598. The van der Waals surface area contributed by atoms with Gasteiger partial charge in [0.2, 0.25) is 5.75 Å². The molecule has 98 valence electrons. The van der Waals surface area contributed by atoms with Gasteiger partial charge >= 0.3 is 11.7 Å². The predicted octanol–water partition coefficient (Wildman–Crippen LogP) is 1.98. The smallest absolute Gasteiger partial charge is 0.322 e. The summed E-state index contributed by atoms with van der Waals surface area (Å²) in [4.78, 5) is 18.1. The highest BCUT2D eigenvalue weighted by atomic mass is 16.6. The highest BCUT2D eigenvalue weighted by molar-refractivity contribution is 5.49. The van der Waals surface area contributed by atoms with Crippen LogP contribution in [0.2, 0.25) is 0 Å². The third-order valence-electron chi connectivity index (χ3n) is 2.38. The van der Waals surface area contributed by atoms with Crippen LogP contribution in [0.4, 0.5) is 5.69 Å². The lowest BCUT2D eigenvalue weighted by Gasteiger charge is -2.05. The third-order valence-corrected chi connectivity index (χ3v) is 2.38. The first kappa shape index (κ1) is 12.9. The minimum absolute atomic E-state index is 0.0100. The number of aliphatic hydroxyl groups is 1. The molecule has 1 N–H and O–H groups in total. The molecule has 0 saturated heterocycles. The number of aliphatic hydroxyl groups excluding tert-OH is 1. The second kappa shape index (κ2) is 5.40. The quantitative estimate of drug-likeness (QED) is 0.667. The SMILES string of the molecule is Cc1ccc(Oc2ncc(CO)cn2)c([N+](=O)[O-])c1. The van der Waals surface area contributed by atoms with Gasteiger partial charge in [0, 0.05) is 24.0 Å². The number of benzene rings is 1. The second-order valence-corrected chi connectivity index (χ2v) is 3.86. The standard InChI is InChI=1S/C12H11N3O4/c1-8-2-3-11(10(4-8)15(17)18)19-12-13-5-9(7-16)6-14-12/h2-6,16H,7H2,1H3. The molecule has 2 rings (SSSR count). The normalized spacial score (nSPS) is 10.2. The Morgan fingerprint density at radius 1 is 1.37 bits per heavy atom. The number of aromatic nitrogens is 2. The monoisotopic (exact) mass is 261 g/mol. The van der Waals surface area contributed by atoms with Gasteiger partial charge in [0.05, 0.1) is 11.5 Å². The topological polar surface area (TPSA) is 98.4 Å². The molecule has 0 spiro atoms. The number of rotatable bonds is 4. The molecule has 1 aromatic carbocycles. The number of hydrogen-bond donors (Lipinski definition) is 1. The molecule has 0 aliphatic carbocycles. The van der Waals surface area contributed by atoms with Gasteiger partial charge in [-0.2, -0.15) is 0 Å². The summed E-state index contributed by atoms with van der Waals surface area (Å²) in [5.74, 6) is 0.0762. The number of hydrogen-bond acceptors (Lipinski definition) is 6. The van der Waals surface area contributed by atoms with Crippen LogP contribution in [-0.4, -0.2) is 20.0 Å². The van der Waals surface area contributed by atoms with Crippen molar-refractivity contribution in [1.82, 2.24) is 9.97 Å². The zero-order valence-corrected chi connectivity index (χ0v) is 10.1. The Morgan fingerprint density at radius 3 is 2.63 bits per heavy atom. The molecule has 0 radical (unpaired) electrons. The van der Waals surface area contributed by atoms with Crippen molar-refractivity contribution >= 4 is 5.69 Å². The fraction of sp³-hybridized carbons (Fsp3) is 0.167. The summed E-state index contributed by atoms with van der Waals surface area (Å²) in [7, 11) is 0. The van der Waals surface area contributed by atoms with Crippen LogP contribution in [0.3, 0.4) is 0 Å². The van der Waals surface area contributed by atoms with Crippen LogP contribution in [0.1, 0.15) is 11.1 Å². The van der Waals surface area contributed by atoms with Crippen molar-refractivity contribution in [1.29, 1.82) is 0 Å². The van der Waals surface area contributed by atoms with Gasteiger partial charge < -0.3 is 9.84 Å². The van der Waals surface area contributed by atoms with Crippen LogP contribution in [-0.2, 0) is 6.61 Å². The second-order valence-electron chi connectivity index (χ2n) is 3.86. The van der Waals surface area contributed by atoms with E-state index < -0.39 is 4.92 Å². The van der Waals surface area contributed by atoms with Crippen molar-refractivity contribution in [3.63, 3.8) is 0 Å². The Balaban J connectivity index is 2.29. The molecule has 0 aliphatic heterocycles. The summed E-state index contributed by atoms with van der Waals surface area (Å²) in [6, 6.07) is 4.60. The maximum Gasteiger partial charge on any atom is 0.322 e. The summed E-state index contributed by atoms with van der Waals surface area (Å²) in [6.45, 7) is 1.58. The summed E-state index contributed by atoms with van der Waals surface area (Å²) in [5, 5.41) is 19.8. The summed E-state index contributed by atoms with van der Waals surface area (Å²) in [5.41, 5.74) is 1.15. The van der Waals surface area contributed by atoms with Crippen molar-refractivity contribution in [2.45, 2.75) is 13.5 Å². The van der Waals surface area contributed by atoms with Crippen molar-refractivity contribution in [3.8, 4) is 11.8 Å². The third kappa shape index (κ3) is 3.02. The van der Waals surface area contributed by atoms with Gasteiger partial charge in [0.1, 0.15) is 0 Å². The van der Waals surface area contributed by atoms with Crippen molar-refractivity contribution in [2.75, 3.05) is 0 Å². The van der Waals surface area contributed by atoms with Crippen LogP contribution < -0.4 is 4.74 Å². The molecular formula is C12H11N3O4. The van der Waals surface area contributed by atoms with E-state index in [1.54, 1.807) is 13.0 Å². The molecule has 0 aliphatic rings. The molecule has 1 heterocycles. The first-order valence-corrected chi connectivity index (χ1v) is 5.45. The lowest BCUT2D eigenvalue weighted by Crippen LogP contribution is -1.97. The Hall–Kier alpha value is -2.54. The van der Waals surface area contributed by atoms with Crippen molar-refractivity contribution in [3.05, 3.63) is 51.8 Å². The molecule has 0 bridgehead atoms. The minimum Gasteiger partial charge on any atom is -0.417 e. The van der Waals surface area contributed by atoms with Crippen LogP contribution in [0, 0.1) is 17.0 Å². The number of aryl methyl sites for hydroxylation is 1. The summed E-state index contributed by atoms with van der Waals surface area (Å²) < 4.78 is 5.28. The maximum absolute atomic E-state index is 10.9. The number of nitro benzene ring substituents is 1. The molecule has 0 unspecified atom stereocenters. The van der Waals surface area contributed by atoms with Crippen molar-refractivity contribution in [2.24, 2.45) is 0 Å². The molecule has 0 atom stereocenters. The van der Waals surface area contributed by atoms with Gasteiger partial charge in [0.15, 0.2) is 0 Å². The number of ether oxygens (including phenoxy) is 1. The average Bonchev–Trinajstić information content (AvgIpc) is 2.41. The summed E-state index contributed by atoms with van der Waals surface area (Å²) in [6.07, 6.45) is 2.78. The van der Waals surface area contributed by atoms with Gasteiger partial charge in [-0.25, -0.2) is 9.97 Å². The van der Waals surface area contributed by atoms with Crippen LogP contribution in [0.25, 0.3) is 0 Å². The fourth-order valence-electron chi connectivity index (χ4n) is 1.43. The van der Waals surface area contributed by atoms with E-state index in [1.165, 1.54) is 24.5 Å². The van der Waals surface area contributed by atoms with Gasteiger partial charge in [0.25, 0.3) is 0 Å². The van der Waals surface area contributed by atoms with Gasteiger partial charge in [-0.1, -0.05) is 6.07 Å². The molecule has 19 heavy (non-hydrogen) atoms. The largest absolute Gasteiger partial charge is 0.417 e. The molecule has 1 aromatic heterocycles. The van der Waals surface area contributed by atoms with Crippen LogP contribution >= 0.6 is 0 Å². The predicted molar refractivity (Wildman–Crippen MR) is 65.9 cm³/mol. The Kier molecular flexibility index (Phi) is 3.67. The lowest BCUT2D eigenvalue weighted by molar-refractivity contribution is -0.385. The summed E-state index contributed by atoms with van der Waals surface area (Å²) >= 11 is 0. The Labute approximate surface area is 108 Å². The van der Waals surface area contributed by atoms with E-state index in [2.05, 4.69) is 9.97 Å². The van der Waals surface area contributed by atoms with E-state index in [1.807, 2.05) is 0 Å². The first-order valence-electron chi connectivity index (χ1n) is 5.45. The van der Waals surface area contributed by atoms with E-state index in [9.17, 15) is 10.1 Å². The van der Waals surface area contributed by atoms with E-state index in [4.69, 9.17) is 9.84 Å². The highest BCUT2D eigenvalue weighted by Crippen LogP contribution is 2.30. The number of nitro groups is 1. The van der Waals surface area contributed by atoms with Crippen molar-refractivity contribution < 1.29 is 14.8 Å². The molecule has 0 saturated carbocycles. The minimum atomic E-state index is -0.523. The molecule has 0 fully saturated rings. The first-order chi connectivity index (χ1) is 9.10. The van der Waals surface area contributed by atoms with E-state index in [0.717, 1.165) is 5.56 Å². The Morgan fingerprint density at radius 2 is 2.05 bits per heavy atom. The number of nitrogens with zero attached hydrogens (tertiary/aromatic N) is 3. The molecule has 7 nitrogen and oxygen atoms in total. The molecule has 0 amide bonds. The van der Waals surface area contributed by atoms with Gasteiger partial charge in [-0.05, 0) is 18.6 Å². The van der Waals surface area contributed by atoms with Gasteiger partial charge in [-0.15, -0.1) is 0 Å². The highest BCUT2D eigenvalue weighted by Gasteiger charge is 2.16. The lowest BCUT2D eigenvalue weighted by atomic mass is 10.2. The fourth-order valence-corrected chi connectivity index (χ4v) is 1.43. The zero-order chi connectivity index (χ0) is 13.8. The average molecular weight is 261 g/mol.